The Kier molecular flexibility index (Phi) is 5.00. The van der Waals surface area contributed by atoms with Crippen molar-refractivity contribution in [3.63, 3.8) is 0 Å². The number of hydrogen-bond acceptors (Lipinski definition) is 5. The minimum Gasteiger partial charge on any atom is -0.381 e. The molecule has 4 rings (SSSR count). The van der Waals surface area contributed by atoms with Gasteiger partial charge in [-0.25, -0.2) is 4.99 Å². The largest absolute Gasteiger partial charge is 0.381 e. The van der Waals surface area contributed by atoms with Crippen LogP contribution >= 0.6 is 11.6 Å². The van der Waals surface area contributed by atoms with Gasteiger partial charge in [0.1, 0.15) is 5.54 Å². The summed E-state index contributed by atoms with van der Waals surface area (Å²) < 4.78 is 5.55. The van der Waals surface area contributed by atoms with Gasteiger partial charge in [-0.05, 0) is 36.2 Å². The maximum Gasteiger partial charge on any atom is 0.176 e. The zero-order valence-corrected chi connectivity index (χ0v) is 15.2. The maximum atomic E-state index is 6.03. The molecule has 0 aliphatic carbocycles. The van der Waals surface area contributed by atoms with Crippen LogP contribution < -0.4 is 5.32 Å². The van der Waals surface area contributed by atoms with Crippen LogP contribution in [0.5, 0.6) is 0 Å². The number of fused-ring (bicyclic) bond motifs is 1. The molecule has 0 radical (unpaired) electrons. The van der Waals surface area contributed by atoms with Gasteiger partial charge in [0.05, 0.1) is 17.9 Å². The lowest BCUT2D eigenvalue weighted by molar-refractivity contribution is 0.0776. The van der Waals surface area contributed by atoms with E-state index < -0.39 is 0 Å². The number of aliphatic imine (C=N–C) groups is 1. The summed E-state index contributed by atoms with van der Waals surface area (Å²) in [6.07, 6.45) is 2.48. The highest BCUT2D eigenvalue weighted by molar-refractivity contribution is 6.30. The van der Waals surface area contributed by atoms with Gasteiger partial charge < -0.3 is 10.1 Å². The molecule has 5 nitrogen and oxygen atoms in total. The van der Waals surface area contributed by atoms with Crippen LogP contribution in [0.2, 0.25) is 5.02 Å². The zero-order chi connectivity index (χ0) is 17.8. The molecule has 0 saturated carbocycles. The van der Waals surface area contributed by atoms with E-state index in [-0.39, 0.29) is 5.54 Å². The third kappa shape index (κ3) is 3.64. The fourth-order valence-corrected chi connectivity index (χ4v) is 3.60. The normalized spacial score (nSPS) is 18.4. The van der Waals surface area contributed by atoms with Gasteiger partial charge >= 0.3 is 0 Å². The summed E-state index contributed by atoms with van der Waals surface area (Å²) in [4.78, 5) is 4.80. The lowest BCUT2D eigenvalue weighted by Gasteiger charge is -2.40. The van der Waals surface area contributed by atoms with Crippen LogP contribution in [0.3, 0.4) is 0 Å². The first-order chi connectivity index (χ1) is 12.8. The minimum atomic E-state index is -0.286. The van der Waals surface area contributed by atoms with E-state index in [9.17, 15) is 0 Å². The number of benzene rings is 2. The SMILES string of the molecule is Clc1cccc(CCN=NC2=Nc3ccccc3NC23CCOCC3)c1. The Morgan fingerprint density at radius 1 is 1.12 bits per heavy atom. The predicted octanol–water partition coefficient (Wildman–Crippen LogP) is 5.04. The maximum absolute atomic E-state index is 6.03. The van der Waals surface area contributed by atoms with E-state index in [1.54, 1.807) is 0 Å². The van der Waals surface area contributed by atoms with Crippen molar-refractivity contribution in [1.29, 1.82) is 0 Å². The second kappa shape index (κ2) is 7.56. The third-order valence-electron chi connectivity index (χ3n) is 4.83. The van der Waals surface area contributed by atoms with E-state index in [0.29, 0.717) is 19.8 Å². The highest BCUT2D eigenvalue weighted by Gasteiger charge is 2.41. The molecule has 1 fully saturated rings. The minimum absolute atomic E-state index is 0.286. The standard InChI is InChI=1S/C20H21ClN4O/c21-16-5-3-4-15(14-16)8-11-22-25-19-20(9-12-26-13-10-20)24-18-7-2-1-6-17(18)23-19/h1-7,14,24H,8-13H2. The van der Waals surface area contributed by atoms with Crippen LogP contribution in [-0.2, 0) is 11.2 Å². The summed E-state index contributed by atoms with van der Waals surface area (Å²) in [6.45, 7) is 2.01. The van der Waals surface area contributed by atoms with E-state index in [4.69, 9.17) is 21.3 Å². The summed E-state index contributed by atoms with van der Waals surface area (Å²) in [7, 11) is 0. The van der Waals surface area contributed by atoms with Crippen molar-refractivity contribution in [3.8, 4) is 0 Å². The van der Waals surface area contributed by atoms with E-state index >= 15 is 0 Å². The Bertz CT molecular complexity index is 843. The number of amidine groups is 1. The van der Waals surface area contributed by atoms with Crippen LogP contribution in [0.4, 0.5) is 11.4 Å². The molecule has 1 N–H and O–H groups in total. The van der Waals surface area contributed by atoms with Gasteiger partial charge in [0.2, 0.25) is 0 Å². The highest BCUT2D eigenvalue weighted by atomic mass is 35.5. The summed E-state index contributed by atoms with van der Waals surface area (Å²) >= 11 is 6.03. The molecule has 0 unspecified atom stereocenters. The van der Waals surface area contributed by atoms with Crippen LogP contribution in [0.25, 0.3) is 0 Å². The molecular weight excluding hydrogens is 348 g/mol. The summed E-state index contributed by atoms with van der Waals surface area (Å²) in [5.41, 5.74) is 2.83. The molecule has 0 amide bonds. The quantitative estimate of drug-likeness (QED) is 0.771. The molecule has 0 atom stereocenters. The van der Waals surface area contributed by atoms with E-state index in [1.807, 2.05) is 36.4 Å². The monoisotopic (exact) mass is 368 g/mol. The van der Waals surface area contributed by atoms with Gasteiger partial charge in [-0.3, -0.25) is 0 Å². The number of nitrogens with one attached hydrogen (secondary N) is 1. The topological polar surface area (TPSA) is 58.3 Å². The Hall–Kier alpha value is -2.24. The molecule has 0 bridgehead atoms. The molecule has 2 aromatic carbocycles. The number of nitrogens with zero attached hydrogens (tertiary/aromatic N) is 3. The van der Waals surface area contributed by atoms with E-state index in [1.165, 1.54) is 0 Å². The zero-order valence-electron chi connectivity index (χ0n) is 14.5. The summed E-state index contributed by atoms with van der Waals surface area (Å²) in [5, 5.41) is 13.3. The number of hydrogen-bond donors (Lipinski definition) is 1. The van der Waals surface area contributed by atoms with Gasteiger partial charge in [-0.15, -0.1) is 5.11 Å². The van der Waals surface area contributed by atoms with Gasteiger partial charge in [-0.2, -0.15) is 5.11 Å². The number of para-hydroxylation sites is 2. The lowest BCUT2D eigenvalue weighted by atomic mass is 9.87. The molecule has 134 valence electrons. The van der Waals surface area contributed by atoms with Gasteiger partial charge in [0, 0.05) is 31.1 Å². The molecule has 0 aromatic heterocycles. The van der Waals surface area contributed by atoms with Crippen molar-refractivity contribution in [1.82, 2.24) is 0 Å². The Labute approximate surface area is 158 Å². The van der Waals surface area contributed by atoms with Crippen LogP contribution in [0.1, 0.15) is 18.4 Å². The number of rotatable bonds is 3. The summed E-state index contributed by atoms with van der Waals surface area (Å²) in [5.74, 6) is 0.755. The fourth-order valence-electron chi connectivity index (χ4n) is 3.39. The van der Waals surface area contributed by atoms with E-state index in [0.717, 1.165) is 47.1 Å². The highest BCUT2D eigenvalue weighted by Crippen LogP contribution is 2.38. The van der Waals surface area contributed by atoms with Crippen LogP contribution in [0, 0.1) is 0 Å². The molecule has 26 heavy (non-hydrogen) atoms. The van der Waals surface area contributed by atoms with E-state index in [2.05, 4.69) is 27.7 Å². The molecule has 2 aromatic rings. The molecule has 2 aliphatic heterocycles. The van der Waals surface area contributed by atoms with Gasteiger partial charge in [-0.1, -0.05) is 35.9 Å². The number of halogens is 1. The number of ether oxygens (including phenoxy) is 1. The third-order valence-corrected chi connectivity index (χ3v) is 5.07. The van der Waals surface area contributed by atoms with Crippen LogP contribution in [0.15, 0.2) is 63.8 Å². The molecular formula is C20H21ClN4O. The van der Waals surface area contributed by atoms with Crippen molar-refractivity contribution in [3.05, 3.63) is 59.1 Å². The second-order valence-electron chi connectivity index (χ2n) is 6.62. The lowest BCUT2D eigenvalue weighted by Crippen LogP contribution is -2.51. The van der Waals surface area contributed by atoms with Crippen molar-refractivity contribution < 1.29 is 4.74 Å². The Morgan fingerprint density at radius 2 is 1.96 bits per heavy atom. The van der Waals surface area contributed by atoms with Crippen molar-refractivity contribution in [2.75, 3.05) is 25.1 Å². The molecule has 2 heterocycles. The van der Waals surface area contributed by atoms with Gasteiger partial charge in [0.15, 0.2) is 5.84 Å². The number of azo groups is 1. The molecule has 1 spiro atoms. The average molecular weight is 369 g/mol. The average Bonchev–Trinajstić information content (AvgIpc) is 2.66. The molecule has 1 saturated heterocycles. The van der Waals surface area contributed by atoms with Crippen molar-refractivity contribution >= 4 is 28.8 Å². The summed E-state index contributed by atoms with van der Waals surface area (Å²) in [6, 6.07) is 15.9. The van der Waals surface area contributed by atoms with Crippen molar-refractivity contribution in [2.45, 2.75) is 24.8 Å². The smallest absolute Gasteiger partial charge is 0.176 e. The second-order valence-corrected chi connectivity index (χ2v) is 7.05. The number of anilines is 1. The first-order valence-electron chi connectivity index (χ1n) is 8.91. The van der Waals surface area contributed by atoms with Crippen molar-refractivity contribution in [2.24, 2.45) is 15.2 Å². The molecule has 2 aliphatic rings. The van der Waals surface area contributed by atoms with Crippen LogP contribution in [-0.4, -0.2) is 31.1 Å². The Balaban J connectivity index is 1.53. The first-order valence-corrected chi connectivity index (χ1v) is 9.29. The Morgan fingerprint density at radius 3 is 2.81 bits per heavy atom. The predicted molar refractivity (Wildman–Crippen MR) is 105 cm³/mol. The molecule has 6 heteroatoms. The first kappa shape index (κ1) is 17.2. The fraction of sp³-hybridized carbons (Fsp3) is 0.350. The van der Waals surface area contributed by atoms with Gasteiger partial charge in [0.25, 0.3) is 0 Å².